The molecule has 6 nitrogen and oxygen atoms in total. The molecule has 20 heavy (non-hydrogen) atoms. The molecule has 0 aliphatic rings. The van der Waals surface area contributed by atoms with Crippen LogP contribution in [0, 0.1) is 0 Å². The molecule has 0 amide bonds. The Kier molecular flexibility index (Phi) is 2.83. The summed E-state index contributed by atoms with van der Waals surface area (Å²) in [6, 6.07) is 11.0. The lowest BCUT2D eigenvalue weighted by molar-refractivity contribution is 0.0698. The van der Waals surface area contributed by atoms with Gasteiger partial charge < -0.3 is 15.0 Å². The summed E-state index contributed by atoms with van der Waals surface area (Å²) in [5, 5.41) is 12.4. The number of benzene rings is 1. The number of aromatic nitrogens is 3. The van der Waals surface area contributed by atoms with Gasteiger partial charge in [-0.25, -0.2) is 14.8 Å². The number of para-hydroxylation sites is 1. The lowest BCUT2D eigenvalue weighted by Crippen LogP contribution is -2.04. The molecule has 0 radical (unpaired) electrons. The number of pyridine rings is 1. The minimum atomic E-state index is -1.00. The molecule has 3 rings (SSSR count). The molecule has 0 fully saturated rings. The Labute approximate surface area is 114 Å². The molecule has 6 heteroatoms. The molecule has 0 unspecified atom stereocenters. The molecule has 0 atom stereocenters. The zero-order chi connectivity index (χ0) is 14.1. The number of hydrogen-bond acceptors (Lipinski definition) is 4. The van der Waals surface area contributed by atoms with Gasteiger partial charge in [0.05, 0.1) is 11.9 Å². The van der Waals surface area contributed by atoms with Gasteiger partial charge in [0, 0.05) is 12.7 Å². The molecule has 0 bridgehead atoms. The standard InChI is InChI=1S/C14H12N4O2/c1-18-8-15-13-12(18)10(14(19)20)7-11(17-13)16-9-5-3-2-4-6-9/h2-8H,1H3,(H,16,17)(H,19,20). The first-order chi connectivity index (χ1) is 9.65. The third-order valence-electron chi connectivity index (χ3n) is 2.96. The molecule has 2 heterocycles. The van der Waals surface area contributed by atoms with Gasteiger partial charge in [0.1, 0.15) is 11.3 Å². The van der Waals surface area contributed by atoms with Crippen LogP contribution in [0.25, 0.3) is 11.2 Å². The number of aryl methyl sites for hydroxylation is 1. The Balaban J connectivity index is 2.11. The van der Waals surface area contributed by atoms with Crippen molar-refractivity contribution in [1.82, 2.24) is 14.5 Å². The van der Waals surface area contributed by atoms with E-state index < -0.39 is 5.97 Å². The normalized spacial score (nSPS) is 10.7. The number of nitrogens with one attached hydrogen (secondary N) is 1. The maximum Gasteiger partial charge on any atom is 0.338 e. The third kappa shape index (κ3) is 2.07. The zero-order valence-corrected chi connectivity index (χ0v) is 10.7. The number of carboxylic acids is 1. The molecule has 0 saturated carbocycles. The van der Waals surface area contributed by atoms with Crippen LogP contribution in [0.4, 0.5) is 11.5 Å². The van der Waals surface area contributed by atoms with E-state index in [0.717, 1.165) is 5.69 Å². The average Bonchev–Trinajstić information content (AvgIpc) is 2.81. The first-order valence-corrected chi connectivity index (χ1v) is 6.02. The van der Waals surface area contributed by atoms with Gasteiger partial charge in [-0.1, -0.05) is 18.2 Å². The Hall–Kier alpha value is -2.89. The number of anilines is 2. The van der Waals surface area contributed by atoms with E-state index in [4.69, 9.17) is 0 Å². The number of hydrogen-bond donors (Lipinski definition) is 2. The number of fused-ring (bicyclic) bond motifs is 1. The topological polar surface area (TPSA) is 80.0 Å². The van der Waals surface area contributed by atoms with Gasteiger partial charge in [-0.05, 0) is 18.2 Å². The minimum Gasteiger partial charge on any atom is -0.478 e. The Morgan fingerprint density at radius 1 is 1.30 bits per heavy atom. The van der Waals surface area contributed by atoms with Gasteiger partial charge in [0.2, 0.25) is 0 Å². The lowest BCUT2D eigenvalue weighted by atomic mass is 10.2. The highest BCUT2D eigenvalue weighted by Crippen LogP contribution is 2.22. The number of aromatic carboxylic acids is 1. The summed E-state index contributed by atoms with van der Waals surface area (Å²) >= 11 is 0. The van der Waals surface area contributed by atoms with Crippen LogP contribution >= 0.6 is 0 Å². The number of carbonyl (C=O) groups is 1. The average molecular weight is 268 g/mol. The lowest BCUT2D eigenvalue weighted by Gasteiger charge is -2.07. The predicted octanol–water partition coefficient (Wildman–Crippen LogP) is 2.41. The van der Waals surface area contributed by atoms with E-state index >= 15 is 0 Å². The van der Waals surface area contributed by atoms with Crippen LogP contribution in [0.15, 0.2) is 42.7 Å². The number of imidazole rings is 1. The minimum absolute atomic E-state index is 0.174. The van der Waals surface area contributed by atoms with Crippen molar-refractivity contribution < 1.29 is 9.90 Å². The predicted molar refractivity (Wildman–Crippen MR) is 75.2 cm³/mol. The van der Waals surface area contributed by atoms with Crippen molar-refractivity contribution in [3.05, 3.63) is 48.3 Å². The fourth-order valence-electron chi connectivity index (χ4n) is 2.06. The second kappa shape index (κ2) is 4.65. The number of nitrogens with zero attached hydrogens (tertiary/aromatic N) is 3. The molecule has 2 aromatic heterocycles. The van der Waals surface area contributed by atoms with Crippen molar-refractivity contribution in [2.24, 2.45) is 7.05 Å². The van der Waals surface area contributed by atoms with Crippen LogP contribution in [0.1, 0.15) is 10.4 Å². The van der Waals surface area contributed by atoms with Gasteiger partial charge in [-0.15, -0.1) is 0 Å². The molecule has 100 valence electrons. The highest BCUT2D eigenvalue weighted by atomic mass is 16.4. The van der Waals surface area contributed by atoms with Gasteiger partial charge in [-0.3, -0.25) is 0 Å². The van der Waals surface area contributed by atoms with Crippen LogP contribution < -0.4 is 5.32 Å². The molecule has 0 saturated heterocycles. The van der Waals surface area contributed by atoms with E-state index in [1.54, 1.807) is 17.9 Å². The number of rotatable bonds is 3. The second-order valence-electron chi connectivity index (χ2n) is 4.38. The van der Waals surface area contributed by atoms with E-state index in [9.17, 15) is 9.90 Å². The molecule has 2 N–H and O–H groups in total. The van der Waals surface area contributed by atoms with E-state index in [1.165, 1.54) is 6.07 Å². The van der Waals surface area contributed by atoms with Crippen molar-refractivity contribution in [2.45, 2.75) is 0 Å². The first-order valence-electron chi connectivity index (χ1n) is 6.02. The molecule has 0 aliphatic carbocycles. The highest BCUT2D eigenvalue weighted by Gasteiger charge is 2.15. The fraction of sp³-hybridized carbons (Fsp3) is 0.0714. The summed E-state index contributed by atoms with van der Waals surface area (Å²) in [5.41, 5.74) is 1.93. The van der Waals surface area contributed by atoms with Crippen molar-refractivity contribution in [3.63, 3.8) is 0 Å². The number of carboxylic acid groups (broad SMARTS) is 1. The van der Waals surface area contributed by atoms with Crippen LogP contribution in [-0.2, 0) is 7.05 Å². The van der Waals surface area contributed by atoms with Gasteiger partial charge in [0.15, 0.2) is 5.65 Å². The van der Waals surface area contributed by atoms with Crippen LogP contribution in [0.3, 0.4) is 0 Å². The summed E-state index contributed by atoms with van der Waals surface area (Å²) in [6.45, 7) is 0. The molecule has 0 spiro atoms. The summed E-state index contributed by atoms with van der Waals surface area (Å²) in [5.74, 6) is -0.545. The maximum absolute atomic E-state index is 11.4. The van der Waals surface area contributed by atoms with Crippen LogP contribution in [0.2, 0.25) is 0 Å². The monoisotopic (exact) mass is 268 g/mol. The highest BCUT2D eigenvalue weighted by molar-refractivity contribution is 6.01. The molecule has 0 aliphatic heterocycles. The van der Waals surface area contributed by atoms with Crippen LogP contribution in [-0.4, -0.2) is 25.6 Å². The molecule has 1 aromatic carbocycles. The molecule has 3 aromatic rings. The Bertz CT molecular complexity index is 780. The largest absolute Gasteiger partial charge is 0.478 e. The van der Waals surface area contributed by atoms with E-state index in [0.29, 0.717) is 17.0 Å². The van der Waals surface area contributed by atoms with E-state index in [1.807, 2.05) is 30.3 Å². The SMILES string of the molecule is Cn1cnc2nc(Nc3ccccc3)cc(C(=O)O)c21. The first kappa shape index (κ1) is 12.2. The third-order valence-corrected chi connectivity index (χ3v) is 2.96. The van der Waals surface area contributed by atoms with Crippen molar-refractivity contribution in [2.75, 3.05) is 5.32 Å². The quantitative estimate of drug-likeness (QED) is 0.762. The smallest absolute Gasteiger partial charge is 0.338 e. The van der Waals surface area contributed by atoms with Crippen LogP contribution in [0.5, 0.6) is 0 Å². The summed E-state index contributed by atoms with van der Waals surface area (Å²) < 4.78 is 1.65. The van der Waals surface area contributed by atoms with Gasteiger partial charge in [0.25, 0.3) is 0 Å². The fourth-order valence-corrected chi connectivity index (χ4v) is 2.06. The zero-order valence-electron chi connectivity index (χ0n) is 10.7. The summed E-state index contributed by atoms with van der Waals surface area (Å²) in [7, 11) is 1.74. The summed E-state index contributed by atoms with van der Waals surface area (Å²) in [4.78, 5) is 19.8. The maximum atomic E-state index is 11.4. The van der Waals surface area contributed by atoms with Gasteiger partial charge in [-0.2, -0.15) is 0 Å². The van der Waals surface area contributed by atoms with Gasteiger partial charge >= 0.3 is 5.97 Å². The molecular formula is C14H12N4O2. The Morgan fingerprint density at radius 2 is 2.05 bits per heavy atom. The van der Waals surface area contributed by atoms with E-state index in [-0.39, 0.29) is 5.56 Å². The van der Waals surface area contributed by atoms with Crippen molar-refractivity contribution in [3.8, 4) is 0 Å². The molecular weight excluding hydrogens is 256 g/mol. The summed E-state index contributed by atoms with van der Waals surface area (Å²) in [6.07, 6.45) is 1.55. The van der Waals surface area contributed by atoms with E-state index in [2.05, 4.69) is 15.3 Å². The Morgan fingerprint density at radius 3 is 2.75 bits per heavy atom. The van der Waals surface area contributed by atoms with Crippen molar-refractivity contribution in [1.29, 1.82) is 0 Å². The van der Waals surface area contributed by atoms with Crippen molar-refractivity contribution >= 4 is 28.6 Å². The second-order valence-corrected chi connectivity index (χ2v) is 4.38.